The second-order valence-electron chi connectivity index (χ2n) is 7.68. The number of fused-ring (bicyclic) bond motifs is 1. The molecule has 3 heterocycles. The Bertz CT molecular complexity index is 772. The lowest BCUT2D eigenvalue weighted by atomic mass is 9.86. The van der Waals surface area contributed by atoms with Gasteiger partial charge in [0, 0.05) is 12.6 Å². The van der Waals surface area contributed by atoms with Gasteiger partial charge in [-0.2, -0.15) is 13.2 Å². The van der Waals surface area contributed by atoms with Gasteiger partial charge in [-0.3, -0.25) is 4.79 Å². The van der Waals surface area contributed by atoms with Crippen LogP contribution in [0.1, 0.15) is 36.4 Å². The summed E-state index contributed by atoms with van der Waals surface area (Å²) in [5, 5.41) is 9.56. The molecule has 1 amide bonds. The van der Waals surface area contributed by atoms with Gasteiger partial charge in [-0.25, -0.2) is 0 Å². The summed E-state index contributed by atoms with van der Waals surface area (Å²) in [5.41, 5.74) is 1.81. The van der Waals surface area contributed by atoms with Gasteiger partial charge in [-0.1, -0.05) is 24.3 Å². The van der Waals surface area contributed by atoms with Crippen LogP contribution in [0.3, 0.4) is 0 Å². The lowest BCUT2D eigenvalue weighted by Crippen LogP contribution is -2.63. The average molecular weight is 412 g/mol. The largest absolute Gasteiger partial charge is 0.391 e. The van der Waals surface area contributed by atoms with Gasteiger partial charge < -0.3 is 20.9 Å². The number of hydrogen-bond acceptors (Lipinski definition) is 4. The van der Waals surface area contributed by atoms with Gasteiger partial charge in [0.05, 0.1) is 12.0 Å². The van der Waals surface area contributed by atoms with Gasteiger partial charge in [0.2, 0.25) is 5.91 Å². The molecule has 5 nitrogen and oxygen atoms in total. The molecular formula is C19H23F3N4OS. The number of rotatable bonds is 3. The fourth-order valence-corrected chi connectivity index (χ4v) is 4.84. The molecule has 3 N–H and O–H groups in total. The second-order valence-corrected chi connectivity index (χ2v) is 8.07. The van der Waals surface area contributed by atoms with Crippen molar-refractivity contribution in [3.05, 3.63) is 35.4 Å². The first-order valence-corrected chi connectivity index (χ1v) is 9.98. The number of carbonyl (C=O) groups is 1. The highest BCUT2D eigenvalue weighted by molar-refractivity contribution is 7.80. The van der Waals surface area contributed by atoms with Crippen LogP contribution in [0.25, 0.3) is 0 Å². The molecule has 0 aliphatic carbocycles. The van der Waals surface area contributed by atoms with Crippen molar-refractivity contribution in [2.45, 2.75) is 50.1 Å². The minimum absolute atomic E-state index is 0.0310. The van der Waals surface area contributed by atoms with Crippen LogP contribution in [0, 0.1) is 5.92 Å². The molecule has 3 saturated heterocycles. The van der Waals surface area contributed by atoms with Crippen LogP contribution < -0.4 is 16.0 Å². The predicted octanol–water partition coefficient (Wildman–Crippen LogP) is 2.24. The first kappa shape index (κ1) is 19.6. The third-order valence-corrected chi connectivity index (χ3v) is 6.34. The number of nitrogens with one attached hydrogen (secondary N) is 3. The molecule has 0 bridgehead atoms. The van der Waals surface area contributed by atoms with Crippen LogP contribution in [0.4, 0.5) is 13.2 Å². The summed E-state index contributed by atoms with van der Waals surface area (Å²) in [5.74, 6) is -1.40. The predicted molar refractivity (Wildman–Crippen MR) is 102 cm³/mol. The van der Waals surface area contributed by atoms with Gasteiger partial charge in [0.1, 0.15) is 6.04 Å². The monoisotopic (exact) mass is 412 g/mol. The van der Waals surface area contributed by atoms with Crippen LogP contribution in [0.5, 0.6) is 0 Å². The van der Waals surface area contributed by atoms with E-state index in [1.165, 1.54) is 0 Å². The number of hydrogen-bond donors (Lipinski definition) is 3. The molecule has 3 aliphatic heterocycles. The molecule has 3 aliphatic rings. The molecule has 1 aromatic rings. The first-order valence-electron chi connectivity index (χ1n) is 9.57. The summed E-state index contributed by atoms with van der Waals surface area (Å²) in [4.78, 5) is 14.1. The molecule has 9 heteroatoms. The quantitative estimate of drug-likeness (QED) is 0.665. The summed E-state index contributed by atoms with van der Waals surface area (Å²) in [7, 11) is 0. The zero-order valence-electron chi connectivity index (χ0n) is 15.3. The van der Waals surface area contributed by atoms with Crippen LogP contribution >= 0.6 is 12.2 Å². The van der Waals surface area contributed by atoms with E-state index >= 15 is 0 Å². The molecule has 0 saturated carbocycles. The fraction of sp³-hybridized carbons (Fsp3) is 0.579. The number of carbonyl (C=O) groups excluding carboxylic acids is 1. The van der Waals surface area contributed by atoms with E-state index in [1.807, 2.05) is 29.2 Å². The standard InChI is InChI=1S/C19H23F3N4OS/c20-19(21,22)12-5-7-23-14(9-12)13-4-2-1-3-11(13)10-26-15-6-8-24-16(15)17(27)25-18(26)28/h1-4,12,14-16,23-24H,5-10H2,(H,25,27,28)/t12-,14-,15?,16?/m0/s1. The van der Waals surface area contributed by atoms with Crippen LogP contribution in [0.15, 0.2) is 24.3 Å². The SMILES string of the molecule is O=C1NC(=S)N(Cc2ccccc2[C@@H]2C[C@@H](C(F)(F)F)CCN2)C2CCNC12. The van der Waals surface area contributed by atoms with Gasteiger partial charge in [-0.15, -0.1) is 0 Å². The van der Waals surface area contributed by atoms with E-state index in [4.69, 9.17) is 12.2 Å². The van der Waals surface area contributed by atoms with E-state index in [2.05, 4.69) is 16.0 Å². The Hall–Kier alpha value is -1.71. The average Bonchev–Trinajstić information content (AvgIpc) is 3.15. The summed E-state index contributed by atoms with van der Waals surface area (Å²) >= 11 is 5.40. The fourth-order valence-electron chi connectivity index (χ4n) is 4.54. The summed E-state index contributed by atoms with van der Waals surface area (Å²) in [6.45, 7) is 1.55. The lowest BCUT2D eigenvalue weighted by molar-refractivity contribution is -0.183. The van der Waals surface area contributed by atoms with E-state index in [1.54, 1.807) is 0 Å². The van der Waals surface area contributed by atoms with Crippen molar-refractivity contribution in [1.82, 2.24) is 20.9 Å². The number of piperidine rings is 1. The Labute approximate surface area is 167 Å². The third-order valence-electron chi connectivity index (χ3n) is 6.00. The molecule has 28 heavy (non-hydrogen) atoms. The highest BCUT2D eigenvalue weighted by Crippen LogP contribution is 2.39. The Morgan fingerprint density at radius 1 is 1.14 bits per heavy atom. The maximum absolute atomic E-state index is 13.2. The summed E-state index contributed by atoms with van der Waals surface area (Å²) < 4.78 is 39.7. The number of benzene rings is 1. The van der Waals surface area contributed by atoms with Gasteiger partial charge >= 0.3 is 6.18 Å². The zero-order chi connectivity index (χ0) is 19.9. The number of thiocarbonyl (C=S) groups is 1. The van der Waals surface area contributed by atoms with E-state index in [-0.39, 0.29) is 36.9 Å². The van der Waals surface area contributed by atoms with E-state index in [9.17, 15) is 18.0 Å². The van der Waals surface area contributed by atoms with Crippen LogP contribution in [-0.4, -0.2) is 47.3 Å². The van der Waals surface area contributed by atoms with Crippen molar-refractivity contribution in [3.63, 3.8) is 0 Å². The molecule has 3 fully saturated rings. The smallest absolute Gasteiger partial charge is 0.339 e. The third kappa shape index (κ3) is 3.75. The van der Waals surface area contributed by atoms with Crippen molar-refractivity contribution < 1.29 is 18.0 Å². The van der Waals surface area contributed by atoms with Crippen molar-refractivity contribution >= 4 is 23.2 Å². The minimum Gasteiger partial charge on any atom is -0.339 e. The van der Waals surface area contributed by atoms with Crippen molar-refractivity contribution in [2.24, 2.45) is 5.92 Å². The molecule has 2 unspecified atom stereocenters. The molecule has 1 aromatic carbocycles. The summed E-state index contributed by atoms with van der Waals surface area (Å²) in [6, 6.07) is 6.89. The maximum Gasteiger partial charge on any atom is 0.391 e. The molecule has 0 aromatic heterocycles. The van der Waals surface area contributed by atoms with E-state index in [0.29, 0.717) is 18.2 Å². The van der Waals surface area contributed by atoms with Crippen molar-refractivity contribution in [3.8, 4) is 0 Å². The minimum atomic E-state index is -4.17. The Kier molecular flexibility index (Phi) is 5.32. The Morgan fingerprint density at radius 3 is 2.68 bits per heavy atom. The van der Waals surface area contributed by atoms with Gasteiger partial charge in [-0.05, 0) is 55.7 Å². The van der Waals surface area contributed by atoms with Gasteiger partial charge in [0.15, 0.2) is 5.11 Å². The summed E-state index contributed by atoms with van der Waals surface area (Å²) in [6.07, 6.45) is -3.22. The molecule has 0 spiro atoms. The zero-order valence-corrected chi connectivity index (χ0v) is 16.1. The molecular weight excluding hydrogens is 389 g/mol. The topological polar surface area (TPSA) is 56.4 Å². The Balaban J connectivity index is 1.56. The van der Waals surface area contributed by atoms with Crippen LogP contribution in [-0.2, 0) is 11.3 Å². The molecule has 0 radical (unpaired) electrons. The number of nitrogens with zero attached hydrogens (tertiary/aromatic N) is 1. The van der Waals surface area contributed by atoms with Crippen LogP contribution in [0.2, 0.25) is 0 Å². The molecule has 152 valence electrons. The normalized spacial score (nSPS) is 30.9. The number of alkyl halides is 3. The van der Waals surface area contributed by atoms with E-state index < -0.39 is 12.1 Å². The highest BCUT2D eigenvalue weighted by atomic mass is 32.1. The maximum atomic E-state index is 13.2. The Morgan fingerprint density at radius 2 is 1.89 bits per heavy atom. The van der Waals surface area contributed by atoms with E-state index in [0.717, 1.165) is 24.1 Å². The molecule has 4 rings (SSSR count). The first-order chi connectivity index (χ1) is 13.3. The number of halogens is 3. The molecule has 4 atom stereocenters. The second kappa shape index (κ2) is 7.61. The van der Waals surface area contributed by atoms with Crippen molar-refractivity contribution in [1.29, 1.82) is 0 Å². The van der Waals surface area contributed by atoms with Crippen molar-refractivity contribution in [2.75, 3.05) is 13.1 Å². The number of amides is 1. The lowest BCUT2D eigenvalue weighted by Gasteiger charge is -2.39. The van der Waals surface area contributed by atoms with Gasteiger partial charge in [0.25, 0.3) is 0 Å². The highest BCUT2D eigenvalue weighted by Gasteiger charge is 2.44.